The molecule has 0 N–H and O–H groups in total. The summed E-state index contributed by atoms with van der Waals surface area (Å²) >= 11 is 14.1. The first-order valence-electron chi connectivity index (χ1n) is 12.2. The quantitative estimate of drug-likeness (QED) is 0.426. The molecule has 2 aromatic carbocycles. The molecule has 0 bridgehead atoms. The molecule has 5 rings (SSSR count). The van der Waals surface area contributed by atoms with Crippen LogP contribution in [0.5, 0.6) is 0 Å². The van der Waals surface area contributed by atoms with Gasteiger partial charge in [-0.3, -0.25) is 14.5 Å². The van der Waals surface area contributed by atoms with E-state index >= 15 is 0 Å². The summed E-state index contributed by atoms with van der Waals surface area (Å²) in [6, 6.07) is 15.7. The number of carbonyl (C=O) groups excluding carboxylic acids is 2. The van der Waals surface area contributed by atoms with E-state index in [2.05, 4.69) is 47.5 Å². The number of fused-ring (bicyclic) bond motifs is 1. The molecule has 8 heteroatoms. The Balaban J connectivity index is 1.28. The molecule has 2 amide bonds. The highest BCUT2D eigenvalue weighted by Crippen LogP contribution is 2.37. The van der Waals surface area contributed by atoms with Crippen LogP contribution in [0.2, 0.25) is 10.0 Å². The number of hydrogen-bond acceptors (Lipinski definition) is 4. The maximum atomic E-state index is 13.5. The van der Waals surface area contributed by atoms with Gasteiger partial charge in [-0.25, -0.2) is 0 Å². The highest BCUT2D eigenvalue weighted by Gasteiger charge is 2.35. The lowest BCUT2D eigenvalue weighted by molar-refractivity contribution is -0.135. The predicted octanol–water partition coefficient (Wildman–Crippen LogP) is 5.68. The summed E-state index contributed by atoms with van der Waals surface area (Å²) in [5.41, 5.74) is 4.19. The van der Waals surface area contributed by atoms with E-state index in [0.717, 1.165) is 13.0 Å². The number of carbonyl (C=O) groups is 2. The fourth-order valence-corrected chi connectivity index (χ4v) is 6.65. The summed E-state index contributed by atoms with van der Waals surface area (Å²) in [7, 11) is 0. The molecule has 2 unspecified atom stereocenters. The van der Waals surface area contributed by atoms with Gasteiger partial charge >= 0.3 is 0 Å². The number of amides is 2. The van der Waals surface area contributed by atoms with Crippen LogP contribution in [0.4, 0.5) is 0 Å². The fraction of sp³-hybridized carbons (Fsp3) is 0.357. The summed E-state index contributed by atoms with van der Waals surface area (Å²) in [6.07, 6.45) is 0.961. The maximum Gasteiger partial charge on any atom is 0.255 e. The second-order valence-corrected chi connectivity index (χ2v) is 11.5. The third-order valence-corrected chi connectivity index (χ3v) is 8.74. The van der Waals surface area contributed by atoms with Gasteiger partial charge in [-0.1, -0.05) is 53.0 Å². The van der Waals surface area contributed by atoms with Crippen LogP contribution in [0, 0.1) is 6.92 Å². The van der Waals surface area contributed by atoms with Crippen LogP contribution in [0.15, 0.2) is 53.9 Å². The predicted molar refractivity (Wildman–Crippen MR) is 146 cm³/mol. The van der Waals surface area contributed by atoms with E-state index in [1.54, 1.807) is 34.4 Å². The number of rotatable bonds is 4. The van der Waals surface area contributed by atoms with Gasteiger partial charge in [-0.2, -0.15) is 0 Å². The lowest BCUT2D eigenvalue weighted by Crippen LogP contribution is -2.57. The molecule has 0 radical (unpaired) electrons. The SMILES string of the molecule is Cc1ccc(C2c3ccsc3CCN2CC(=O)N2CCN(C(=O)c3ccc(Cl)cc3Cl)C(C)C2)cc1. The number of aryl methyl sites for hydroxylation is 1. The lowest BCUT2D eigenvalue weighted by Gasteiger charge is -2.42. The Bertz CT molecular complexity index is 1280. The fourth-order valence-electron chi connectivity index (χ4n) is 5.25. The third-order valence-electron chi connectivity index (χ3n) is 7.20. The average Bonchev–Trinajstić information content (AvgIpc) is 3.33. The van der Waals surface area contributed by atoms with E-state index in [4.69, 9.17) is 23.2 Å². The van der Waals surface area contributed by atoms with Crippen molar-refractivity contribution in [3.8, 4) is 0 Å². The molecule has 1 saturated heterocycles. The van der Waals surface area contributed by atoms with Crippen molar-refractivity contribution in [3.63, 3.8) is 0 Å². The lowest BCUT2D eigenvalue weighted by atomic mass is 9.92. The maximum absolute atomic E-state index is 13.5. The van der Waals surface area contributed by atoms with Crippen LogP contribution in [0.3, 0.4) is 0 Å². The Morgan fingerprint density at radius 1 is 1.03 bits per heavy atom. The second kappa shape index (κ2) is 10.5. The summed E-state index contributed by atoms with van der Waals surface area (Å²) < 4.78 is 0. The van der Waals surface area contributed by atoms with Crippen LogP contribution < -0.4 is 0 Å². The van der Waals surface area contributed by atoms with Crippen molar-refractivity contribution < 1.29 is 9.59 Å². The number of halogens is 2. The first-order chi connectivity index (χ1) is 17.3. The van der Waals surface area contributed by atoms with Crippen molar-refractivity contribution in [2.45, 2.75) is 32.4 Å². The van der Waals surface area contributed by atoms with Gasteiger partial charge < -0.3 is 9.80 Å². The number of nitrogens with zero attached hydrogens (tertiary/aromatic N) is 3. The van der Waals surface area contributed by atoms with Crippen LogP contribution in [0.1, 0.15) is 44.9 Å². The zero-order valence-corrected chi connectivity index (χ0v) is 22.7. The molecule has 2 atom stereocenters. The summed E-state index contributed by atoms with van der Waals surface area (Å²) in [4.78, 5) is 34.0. The molecule has 2 aliphatic rings. The van der Waals surface area contributed by atoms with Gasteiger partial charge in [0.1, 0.15) is 0 Å². The molecule has 3 aromatic rings. The molecule has 5 nitrogen and oxygen atoms in total. The van der Waals surface area contributed by atoms with Crippen molar-refractivity contribution in [3.05, 3.63) is 91.1 Å². The molecule has 188 valence electrons. The van der Waals surface area contributed by atoms with E-state index in [1.165, 1.54) is 21.6 Å². The molecule has 36 heavy (non-hydrogen) atoms. The molecule has 0 saturated carbocycles. The Labute approximate surface area is 226 Å². The van der Waals surface area contributed by atoms with E-state index < -0.39 is 0 Å². The van der Waals surface area contributed by atoms with Crippen LogP contribution in [-0.4, -0.2) is 65.3 Å². The van der Waals surface area contributed by atoms with Gasteiger partial charge in [-0.15, -0.1) is 11.3 Å². The standard InChI is InChI=1S/C28H29Cl2N3O2S/c1-18-3-5-20(6-4-18)27-23-10-14-36-25(23)9-11-32(27)17-26(34)31-12-13-33(19(2)16-31)28(35)22-8-7-21(29)15-24(22)30/h3-8,10,14-15,19,27H,9,11-13,16-17H2,1-2H3. The van der Waals surface area contributed by atoms with Gasteiger partial charge in [-0.05, 0) is 61.0 Å². The molecular formula is C28H29Cl2N3O2S. The van der Waals surface area contributed by atoms with E-state index in [-0.39, 0.29) is 23.9 Å². The molecule has 2 aliphatic heterocycles. The van der Waals surface area contributed by atoms with Crippen molar-refractivity contribution >= 4 is 46.4 Å². The van der Waals surface area contributed by atoms with Crippen molar-refractivity contribution in [2.24, 2.45) is 0 Å². The van der Waals surface area contributed by atoms with E-state index in [1.807, 2.05) is 11.8 Å². The molecule has 1 fully saturated rings. The smallest absolute Gasteiger partial charge is 0.255 e. The van der Waals surface area contributed by atoms with Gasteiger partial charge in [0, 0.05) is 42.1 Å². The third kappa shape index (κ3) is 5.05. The van der Waals surface area contributed by atoms with Gasteiger partial charge in [0.05, 0.1) is 23.2 Å². The topological polar surface area (TPSA) is 43.9 Å². The Morgan fingerprint density at radius 2 is 1.81 bits per heavy atom. The summed E-state index contributed by atoms with van der Waals surface area (Å²) in [6.45, 7) is 6.76. The largest absolute Gasteiger partial charge is 0.338 e. The molecule has 0 spiro atoms. The number of hydrogen-bond donors (Lipinski definition) is 0. The molecule has 1 aromatic heterocycles. The minimum Gasteiger partial charge on any atom is -0.338 e. The summed E-state index contributed by atoms with van der Waals surface area (Å²) in [5, 5.41) is 3.00. The highest BCUT2D eigenvalue weighted by atomic mass is 35.5. The number of thiophene rings is 1. The minimum absolute atomic E-state index is 0.0805. The van der Waals surface area contributed by atoms with E-state index in [9.17, 15) is 9.59 Å². The minimum atomic E-state index is -0.128. The van der Waals surface area contributed by atoms with Crippen LogP contribution in [0.25, 0.3) is 0 Å². The van der Waals surface area contributed by atoms with E-state index in [0.29, 0.717) is 41.8 Å². The Morgan fingerprint density at radius 3 is 2.53 bits per heavy atom. The van der Waals surface area contributed by atoms with Crippen LogP contribution in [-0.2, 0) is 11.2 Å². The molecule has 0 aliphatic carbocycles. The number of piperazine rings is 1. The van der Waals surface area contributed by atoms with Crippen molar-refractivity contribution in [1.82, 2.24) is 14.7 Å². The van der Waals surface area contributed by atoms with Crippen molar-refractivity contribution in [1.29, 1.82) is 0 Å². The molecular weight excluding hydrogens is 513 g/mol. The first-order valence-corrected chi connectivity index (χ1v) is 13.9. The molecule has 3 heterocycles. The highest BCUT2D eigenvalue weighted by molar-refractivity contribution is 7.10. The normalized spacial score (nSPS) is 20.3. The Kier molecular flexibility index (Phi) is 7.40. The first kappa shape index (κ1) is 25.3. The van der Waals surface area contributed by atoms with Crippen LogP contribution >= 0.6 is 34.5 Å². The Hall–Kier alpha value is -2.38. The van der Waals surface area contributed by atoms with Gasteiger partial charge in [0.2, 0.25) is 5.91 Å². The van der Waals surface area contributed by atoms with Crippen molar-refractivity contribution in [2.75, 3.05) is 32.7 Å². The zero-order valence-electron chi connectivity index (χ0n) is 20.4. The summed E-state index contributed by atoms with van der Waals surface area (Å²) in [5.74, 6) is -0.0222. The monoisotopic (exact) mass is 541 g/mol. The van der Waals surface area contributed by atoms with Gasteiger partial charge in [0.25, 0.3) is 5.91 Å². The van der Waals surface area contributed by atoms with Gasteiger partial charge in [0.15, 0.2) is 0 Å². The average molecular weight is 543 g/mol. The second-order valence-electron chi connectivity index (χ2n) is 9.64. The zero-order chi connectivity index (χ0) is 25.4. The number of benzene rings is 2.